The van der Waals surface area contributed by atoms with Crippen molar-refractivity contribution < 1.29 is 9.53 Å². The Kier molecular flexibility index (Phi) is 4.15. The maximum absolute atomic E-state index is 11.6. The summed E-state index contributed by atoms with van der Waals surface area (Å²) < 4.78 is 4.82. The van der Waals surface area contributed by atoms with E-state index in [-0.39, 0.29) is 11.9 Å². The highest BCUT2D eigenvalue weighted by Crippen LogP contribution is 2.36. The molecule has 1 fully saturated rings. The maximum atomic E-state index is 11.6. The van der Waals surface area contributed by atoms with Crippen LogP contribution >= 0.6 is 11.3 Å². The average molecular weight is 253 g/mol. The molecule has 3 nitrogen and oxygen atoms in total. The zero-order chi connectivity index (χ0) is 12.3. The summed E-state index contributed by atoms with van der Waals surface area (Å²) in [6.07, 6.45) is 5.87. The Hall–Kier alpha value is -0.900. The van der Waals surface area contributed by atoms with Crippen LogP contribution in [0.5, 0.6) is 0 Å². The van der Waals surface area contributed by atoms with Gasteiger partial charge in [0.15, 0.2) is 0 Å². The van der Waals surface area contributed by atoms with Gasteiger partial charge in [-0.15, -0.1) is 11.3 Å². The molecule has 0 N–H and O–H groups in total. The summed E-state index contributed by atoms with van der Waals surface area (Å²) in [5, 5.41) is 3.04. The van der Waals surface area contributed by atoms with Crippen molar-refractivity contribution in [1.29, 1.82) is 0 Å². The minimum atomic E-state index is -0.180. The molecule has 1 aliphatic carbocycles. The number of hydrogen-bond acceptors (Lipinski definition) is 4. The Morgan fingerprint density at radius 2 is 2.29 bits per heavy atom. The van der Waals surface area contributed by atoms with Crippen molar-refractivity contribution in [3.05, 3.63) is 16.1 Å². The third kappa shape index (κ3) is 2.68. The van der Waals surface area contributed by atoms with E-state index in [2.05, 4.69) is 10.4 Å². The van der Waals surface area contributed by atoms with Crippen molar-refractivity contribution in [2.24, 2.45) is 0 Å². The summed E-state index contributed by atoms with van der Waals surface area (Å²) in [6, 6.07) is 0. The molecule has 0 saturated heterocycles. The van der Waals surface area contributed by atoms with Gasteiger partial charge in [-0.1, -0.05) is 19.8 Å². The first kappa shape index (κ1) is 12.6. The molecule has 17 heavy (non-hydrogen) atoms. The minimum absolute atomic E-state index is 0.167. The third-order valence-electron chi connectivity index (χ3n) is 3.51. The molecule has 0 bridgehead atoms. The molecule has 1 saturated carbocycles. The zero-order valence-electron chi connectivity index (χ0n) is 10.4. The number of carbonyl (C=O) groups excluding carboxylic acids is 1. The van der Waals surface area contributed by atoms with Gasteiger partial charge in [0, 0.05) is 11.3 Å². The normalized spacial score (nSPS) is 18.2. The predicted molar refractivity (Wildman–Crippen MR) is 68.4 cm³/mol. The Bertz CT molecular complexity index is 383. The van der Waals surface area contributed by atoms with E-state index in [1.54, 1.807) is 11.3 Å². The van der Waals surface area contributed by atoms with E-state index in [4.69, 9.17) is 4.74 Å². The first-order chi connectivity index (χ1) is 8.26. The van der Waals surface area contributed by atoms with E-state index in [1.807, 2.05) is 6.92 Å². The Labute approximate surface area is 106 Å². The van der Waals surface area contributed by atoms with Gasteiger partial charge in [0.1, 0.15) is 10.9 Å². The summed E-state index contributed by atoms with van der Waals surface area (Å²) in [4.78, 5) is 16.3. The summed E-state index contributed by atoms with van der Waals surface area (Å²) in [5.41, 5.74) is 1.19. The first-order valence-corrected chi connectivity index (χ1v) is 7.17. The minimum Gasteiger partial charge on any atom is -0.468 e. The monoisotopic (exact) mass is 253 g/mol. The molecule has 0 amide bonds. The summed E-state index contributed by atoms with van der Waals surface area (Å²) in [6.45, 7) is 2.00. The zero-order valence-corrected chi connectivity index (χ0v) is 11.3. The second-order valence-electron chi connectivity index (χ2n) is 4.58. The fraction of sp³-hybridized carbons (Fsp3) is 0.692. The number of carbonyl (C=O) groups is 1. The lowest BCUT2D eigenvalue weighted by molar-refractivity contribution is -0.142. The summed E-state index contributed by atoms with van der Waals surface area (Å²) >= 11 is 1.60. The molecule has 1 aliphatic rings. The lowest BCUT2D eigenvalue weighted by Gasteiger charge is -2.09. The number of ether oxygens (including phenoxy) is 1. The van der Waals surface area contributed by atoms with Gasteiger partial charge in [0.25, 0.3) is 0 Å². The smallest absolute Gasteiger partial charge is 0.315 e. The highest BCUT2D eigenvalue weighted by Gasteiger charge is 2.25. The SMILES string of the molecule is CCC(C(=O)OC)c1nc(C2CCCC2)cs1. The third-order valence-corrected chi connectivity index (χ3v) is 4.48. The van der Waals surface area contributed by atoms with Gasteiger partial charge in [0.2, 0.25) is 0 Å². The number of thiazole rings is 1. The van der Waals surface area contributed by atoms with E-state index < -0.39 is 0 Å². The molecule has 1 atom stereocenters. The van der Waals surface area contributed by atoms with Gasteiger partial charge in [-0.2, -0.15) is 0 Å². The van der Waals surface area contributed by atoms with Gasteiger partial charge in [-0.3, -0.25) is 4.79 Å². The van der Waals surface area contributed by atoms with Gasteiger partial charge < -0.3 is 4.74 Å². The lowest BCUT2D eigenvalue weighted by Crippen LogP contribution is -2.13. The maximum Gasteiger partial charge on any atom is 0.315 e. The molecule has 0 radical (unpaired) electrons. The lowest BCUT2D eigenvalue weighted by atomic mass is 10.0. The van der Waals surface area contributed by atoms with Crippen LogP contribution in [0, 0.1) is 0 Å². The number of nitrogens with zero attached hydrogens (tertiary/aromatic N) is 1. The average Bonchev–Trinajstić information content (AvgIpc) is 2.99. The molecule has 4 heteroatoms. The van der Waals surface area contributed by atoms with Crippen LogP contribution < -0.4 is 0 Å². The molecule has 1 unspecified atom stereocenters. The first-order valence-electron chi connectivity index (χ1n) is 6.29. The quantitative estimate of drug-likeness (QED) is 0.771. The number of hydrogen-bond donors (Lipinski definition) is 0. The molecule has 1 aromatic heterocycles. The fourth-order valence-corrected chi connectivity index (χ4v) is 3.53. The second kappa shape index (κ2) is 5.63. The van der Waals surface area contributed by atoms with Crippen molar-refractivity contribution in [1.82, 2.24) is 4.98 Å². The van der Waals surface area contributed by atoms with Crippen LogP contribution in [0.2, 0.25) is 0 Å². The second-order valence-corrected chi connectivity index (χ2v) is 5.47. The largest absolute Gasteiger partial charge is 0.468 e. The molecule has 1 aromatic rings. The van der Waals surface area contributed by atoms with Crippen LogP contribution in [0.1, 0.15) is 61.6 Å². The van der Waals surface area contributed by atoms with Crippen molar-refractivity contribution in [3.63, 3.8) is 0 Å². The molecule has 94 valence electrons. The van der Waals surface area contributed by atoms with Gasteiger partial charge in [-0.25, -0.2) is 4.98 Å². The molecular weight excluding hydrogens is 234 g/mol. The number of rotatable bonds is 4. The van der Waals surface area contributed by atoms with E-state index in [0.29, 0.717) is 5.92 Å². The van der Waals surface area contributed by atoms with Crippen LogP contribution in [-0.4, -0.2) is 18.1 Å². The van der Waals surface area contributed by atoms with Crippen molar-refractivity contribution in [2.45, 2.75) is 50.9 Å². The van der Waals surface area contributed by atoms with Gasteiger partial charge >= 0.3 is 5.97 Å². The van der Waals surface area contributed by atoms with Crippen LogP contribution in [0.3, 0.4) is 0 Å². The van der Waals surface area contributed by atoms with E-state index >= 15 is 0 Å². The van der Waals surface area contributed by atoms with Crippen molar-refractivity contribution in [2.75, 3.05) is 7.11 Å². The molecule has 0 aromatic carbocycles. The molecular formula is C13H19NO2S. The summed E-state index contributed by atoms with van der Waals surface area (Å²) in [5.74, 6) is 0.273. The highest BCUT2D eigenvalue weighted by molar-refractivity contribution is 7.09. The Balaban J connectivity index is 2.13. The number of aromatic nitrogens is 1. The topological polar surface area (TPSA) is 39.2 Å². The molecule has 1 heterocycles. The highest BCUT2D eigenvalue weighted by atomic mass is 32.1. The standard InChI is InChI=1S/C13H19NO2S/c1-3-10(13(15)16-2)12-14-11(8-17-12)9-6-4-5-7-9/h8-10H,3-7H2,1-2H3. The van der Waals surface area contributed by atoms with Crippen LogP contribution in [0.4, 0.5) is 0 Å². The number of esters is 1. The van der Waals surface area contributed by atoms with Crippen LogP contribution in [0.15, 0.2) is 5.38 Å². The Morgan fingerprint density at radius 3 is 2.88 bits per heavy atom. The number of methoxy groups -OCH3 is 1. The Morgan fingerprint density at radius 1 is 1.59 bits per heavy atom. The van der Waals surface area contributed by atoms with Gasteiger partial charge in [0.05, 0.1) is 12.8 Å². The van der Waals surface area contributed by atoms with Crippen molar-refractivity contribution in [3.8, 4) is 0 Å². The van der Waals surface area contributed by atoms with E-state index in [9.17, 15) is 4.79 Å². The van der Waals surface area contributed by atoms with E-state index in [0.717, 1.165) is 11.4 Å². The molecule has 2 rings (SSSR count). The fourth-order valence-electron chi connectivity index (χ4n) is 2.45. The molecule has 0 spiro atoms. The van der Waals surface area contributed by atoms with Crippen LogP contribution in [-0.2, 0) is 9.53 Å². The van der Waals surface area contributed by atoms with E-state index in [1.165, 1.54) is 38.5 Å². The van der Waals surface area contributed by atoms with Gasteiger partial charge in [-0.05, 0) is 19.3 Å². The predicted octanol–water partition coefficient (Wildman–Crippen LogP) is 3.47. The van der Waals surface area contributed by atoms with Crippen molar-refractivity contribution >= 4 is 17.3 Å². The summed E-state index contributed by atoms with van der Waals surface area (Å²) in [7, 11) is 1.44. The molecule has 0 aliphatic heterocycles. The van der Waals surface area contributed by atoms with Crippen LogP contribution in [0.25, 0.3) is 0 Å².